The van der Waals surface area contributed by atoms with Crippen LogP contribution in [0.15, 0.2) is 36.4 Å². The van der Waals surface area contributed by atoms with Crippen molar-refractivity contribution in [3.05, 3.63) is 62.2 Å². The van der Waals surface area contributed by atoms with Gasteiger partial charge in [-0.15, -0.1) is 0 Å². The summed E-state index contributed by atoms with van der Waals surface area (Å²) in [5, 5.41) is 24.3. The summed E-state index contributed by atoms with van der Waals surface area (Å²) in [6.07, 6.45) is 0. The molecule has 2 rings (SSSR count). The predicted octanol–water partition coefficient (Wildman–Crippen LogP) is 3.16. The number of ether oxygens (including phenoxy) is 2. The summed E-state index contributed by atoms with van der Waals surface area (Å²) in [6, 6.07) is 7.37. The lowest BCUT2D eigenvalue weighted by molar-refractivity contribution is -0.394. The molecule has 2 aromatic carbocycles. The maximum absolute atomic E-state index is 12.3. The minimum absolute atomic E-state index is 0.209. The van der Waals surface area contributed by atoms with Gasteiger partial charge in [0.2, 0.25) is 0 Å². The number of carbonyl (C=O) groups is 1. The zero-order chi connectivity index (χ0) is 19.3. The average Bonchev–Trinajstić information content (AvgIpc) is 2.62. The third kappa shape index (κ3) is 4.23. The first-order valence-corrected chi connectivity index (χ1v) is 7.41. The molecule has 10 nitrogen and oxygen atoms in total. The highest BCUT2D eigenvalue weighted by Gasteiger charge is 2.20. The summed E-state index contributed by atoms with van der Waals surface area (Å²) in [4.78, 5) is 32.6. The van der Waals surface area contributed by atoms with Gasteiger partial charge in [0.1, 0.15) is 0 Å². The Balaban J connectivity index is 2.32. The molecule has 1 amide bonds. The van der Waals surface area contributed by atoms with Gasteiger partial charge in [-0.2, -0.15) is 0 Å². The van der Waals surface area contributed by atoms with Gasteiger partial charge in [0.05, 0.1) is 35.2 Å². The number of non-ortho nitro benzene ring substituents is 2. The molecule has 0 saturated heterocycles. The molecule has 0 aliphatic heterocycles. The molecule has 0 unspecified atom stereocenters. The lowest BCUT2D eigenvalue weighted by Crippen LogP contribution is -2.13. The first-order chi connectivity index (χ1) is 12.3. The Kier molecular flexibility index (Phi) is 5.68. The lowest BCUT2D eigenvalue weighted by atomic mass is 10.1. The minimum Gasteiger partial charge on any atom is -0.493 e. The van der Waals surface area contributed by atoms with Crippen molar-refractivity contribution in [1.82, 2.24) is 0 Å². The molecule has 0 radical (unpaired) electrons. The highest BCUT2D eigenvalue weighted by Crippen LogP contribution is 2.30. The number of hydrogen-bond donors (Lipinski definition) is 1. The number of amides is 1. The summed E-state index contributed by atoms with van der Waals surface area (Å²) in [7, 11) is 1.44. The number of anilines is 1. The van der Waals surface area contributed by atoms with E-state index in [1.165, 1.54) is 13.2 Å². The summed E-state index contributed by atoms with van der Waals surface area (Å²) in [5.41, 5.74) is -0.967. The molecule has 0 atom stereocenters. The second kappa shape index (κ2) is 7.92. The number of carbonyl (C=O) groups excluding carboxylic acids is 1. The molecule has 1 N–H and O–H groups in total. The normalized spacial score (nSPS) is 10.1. The van der Waals surface area contributed by atoms with E-state index in [0.29, 0.717) is 23.8 Å². The SMILES string of the molecule is CCOc1ccc(NC(=O)c2cc([N+](=O)[O-])cc([N+](=O)[O-])c2)cc1OC. The second-order valence-electron chi connectivity index (χ2n) is 5.01. The lowest BCUT2D eigenvalue weighted by Gasteiger charge is -2.11. The molecular weight excluding hydrogens is 346 g/mol. The molecule has 0 spiro atoms. The van der Waals surface area contributed by atoms with Crippen molar-refractivity contribution in [1.29, 1.82) is 0 Å². The van der Waals surface area contributed by atoms with Crippen LogP contribution in [0.5, 0.6) is 11.5 Å². The van der Waals surface area contributed by atoms with Gasteiger partial charge in [-0.3, -0.25) is 25.0 Å². The van der Waals surface area contributed by atoms with Crippen LogP contribution in [0.2, 0.25) is 0 Å². The monoisotopic (exact) mass is 361 g/mol. The number of nitrogens with one attached hydrogen (secondary N) is 1. The van der Waals surface area contributed by atoms with E-state index < -0.39 is 27.1 Å². The van der Waals surface area contributed by atoms with Gasteiger partial charge < -0.3 is 14.8 Å². The Labute approximate surface area is 147 Å². The van der Waals surface area contributed by atoms with Gasteiger partial charge in [-0.1, -0.05) is 0 Å². The fourth-order valence-electron chi connectivity index (χ4n) is 2.16. The number of nitro groups is 2. The van der Waals surface area contributed by atoms with Crippen molar-refractivity contribution in [3.8, 4) is 11.5 Å². The molecule has 0 saturated carbocycles. The van der Waals surface area contributed by atoms with Crippen LogP contribution in [0.4, 0.5) is 17.1 Å². The van der Waals surface area contributed by atoms with E-state index in [1.807, 2.05) is 6.92 Å². The highest BCUT2D eigenvalue weighted by atomic mass is 16.6. The van der Waals surface area contributed by atoms with Crippen molar-refractivity contribution < 1.29 is 24.1 Å². The molecular formula is C16H15N3O7. The topological polar surface area (TPSA) is 134 Å². The standard InChI is InChI=1S/C16H15N3O7/c1-3-26-14-5-4-11(8-15(14)25-2)17-16(20)10-6-12(18(21)22)9-13(7-10)19(23)24/h4-9H,3H2,1-2H3,(H,17,20). The van der Waals surface area contributed by atoms with E-state index in [0.717, 1.165) is 18.2 Å². The average molecular weight is 361 g/mol. The Morgan fingerprint density at radius 1 is 1.04 bits per heavy atom. The van der Waals surface area contributed by atoms with E-state index in [1.54, 1.807) is 12.1 Å². The maximum atomic E-state index is 12.3. The number of nitro benzene ring substituents is 2. The van der Waals surface area contributed by atoms with Gasteiger partial charge in [0.25, 0.3) is 17.3 Å². The molecule has 0 bridgehead atoms. The fourth-order valence-corrected chi connectivity index (χ4v) is 2.16. The zero-order valence-electron chi connectivity index (χ0n) is 13.9. The first kappa shape index (κ1) is 18.6. The molecule has 2 aromatic rings. The second-order valence-corrected chi connectivity index (χ2v) is 5.01. The molecule has 0 aliphatic carbocycles. The van der Waals surface area contributed by atoms with Crippen LogP contribution in [0.25, 0.3) is 0 Å². The Bertz CT molecular complexity index is 835. The van der Waals surface area contributed by atoms with Crippen molar-refractivity contribution in [2.45, 2.75) is 6.92 Å². The van der Waals surface area contributed by atoms with Crippen LogP contribution in [-0.2, 0) is 0 Å². The van der Waals surface area contributed by atoms with Crippen LogP contribution < -0.4 is 14.8 Å². The van der Waals surface area contributed by atoms with Crippen molar-refractivity contribution in [2.75, 3.05) is 19.0 Å². The molecule has 0 aromatic heterocycles. The fraction of sp³-hybridized carbons (Fsp3) is 0.188. The number of methoxy groups -OCH3 is 1. The molecule has 0 aliphatic rings. The zero-order valence-corrected chi connectivity index (χ0v) is 13.9. The largest absolute Gasteiger partial charge is 0.493 e. The molecule has 0 heterocycles. The van der Waals surface area contributed by atoms with Crippen molar-refractivity contribution >= 4 is 23.0 Å². The Morgan fingerprint density at radius 2 is 1.65 bits per heavy atom. The van der Waals surface area contributed by atoms with E-state index in [2.05, 4.69) is 5.32 Å². The van der Waals surface area contributed by atoms with E-state index in [-0.39, 0.29) is 5.56 Å². The number of nitrogens with zero attached hydrogens (tertiary/aromatic N) is 2. The Morgan fingerprint density at radius 3 is 2.15 bits per heavy atom. The van der Waals surface area contributed by atoms with Gasteiger partial charge in [-0.25, -0.2) is 0 Å². The van der Waals surface area contributed by atoms with E-state index in [4.69, 9.17) is 9.47 Å². The summed E-state index contributed by atoms with van der Waals surface area (Å²) < 4.78 is 10.5. The van der Waals surface area contributed by atoms with E-state index >= 15 is 0 Å². The van der Waals surface area contributed by atoms with Gasteiger partial charge in [-0.05, 0) is 19.1 Å². The van der Waals surface area contributed by atoms with Gasteiger partial charge in [0.15, 0.2) is 11.5 Å². The quantitative estimate of drug-likeness (QED) is 0.591. The molecule has 26 heavy (non-hydrogen) atoms. The molecule has 136 valence electrons. The third-order valence-electron chi connectivity index (χ3n) is 3.31. The molecule has 10 heteroatoms. The number of hydrogen-bond acceptors (Lipinski definition) is 7. The third-order valence-corrected chi connectivity index (χ3v) is 3.31. The van der Waals surface area contributed by atoms with Crippen molar-refractivity contribution in [3.63, 3.8) is 0 Å². The van der Waals surface area contributed by atoms with Gasteiger partial charge in [0, 0.05) is 23.9 Å². The van der Waals surface area contributed by atoms with Crippen LogP contribution in [0, 0.1) is 20.2 Å². The summed E-state index contributed by atoms with van der Waals surface area (Å²) in [6.45, 7) is 2.24. The van der Waals surface area contributed by atoms with Crippen LogP contribution in [0.1, 0.15) is 17.3 Å². The van der Waals surface area contributed by atoms with Gasteiger partial charge >= 0.3 is 0 Å². The van der Waals surface area contributed by atoms with Crippen LogP contribution in [0.3, 0.4) is 0 Å². The van der Waals surface area contributed by atoms with Crippen LogP contribution in [-0.4, -0.2) is 29.5 Å². The summed E-state index contributed by atoms with van der Waals surface area (Å²) in [5.74, 6) is 0.136. The first-order valence-electron chi connectivity index (χ1n) is 7.41. The Hall–Kier alpha value is -3.69. The number of benzene rings is 2. The summed E-state index contributed by atoms with van der Waals surface area (Å²) >= 11 is 0. The maximum Gasteiger partial charge on any atom is 0.277 e. The predicted molar refractivity (Wildman–Crippen MR) is 91.9 cm³/mol. The van der Waals surface area contributed by atoms with Crippen molar-refractivity contribution in [2.24, 2.45) is 0 Å². The number of rotatable bonds is 7. The van der Waals surface area contributed by atoms with Crippen LogP contribution >= 0.6 is 0 Å². The van der Waals surface area contributed by atoms with E-state index in [9.17, 15) is 25.0 Å². The highest BCUT2D eigenvalue weighted by molar-refractivity contribution is 6.05. The minimum atomic E-state index is -0.802. The molecule has 0 fully saturated rings. The smallest absolute Gasteiger partial charge is 0.277 e.